The van der Waals surface area contributed by atoms with E-state index in [0.29, 0.717) is 18.4 Å². The Labute approximate surface area is 89.4 Å². The van der Waals surface area contributed by atoms with Crippen molar-refractivity contribution in [3.8, 4) is 0 Å². The summed E-state index contributed by atoms with van der Waals surface area (Å²) in [6.07, 6.45) is 3.96. The molecule has 0 aliphatic heterocycles. The zero-order valence-corrected chi connectivity index (χ0v) is 8.94. The Morgan fingerprint density at radius 3 is 2.87 bits per heavy atom. The number of ether oxygens (including phenoxy) is 1. The summed E-state index contributed by atoms with van der Waals surface area (Å²) >= 11 is 0. The highest BCUT2D eigenvalue weighted by Gasteiger charge is 2.48. The van der Waals surface area contributed by atoms with E-state index < -0.39 is 0 Å². The van der Waals surface area contributed by atoms with Crippen LogP contribution in [0.1, 0.15) is 26.2 Å². The van der Waals surface area contributed by atoms with Crippen molar-refractivity contribution >= 4 is 12.4 Å². The maximum atomic E-state index is 11.3. The molecule has 4 heteroatoms. The molecule has 4 nitrogen and oxygen atoms in total. The highest BCUT2D eigenvalue weighted by molar-refractivity contribution is 5.69. The summed E-state index contributed by atoms with van der Waals surface area (Å²) in [5, 5.41) is 2.82. The van der Waals surface area contributed by atoms with Crippen molar-refractivity contribution in [2.24, 2.45) is 17.8 Å². The number of alkyl carbamates (subject to hydrolysis) is 1. The average molecular weight is 211 g/mol. The monoisotopic (exact) mass is 211 g/mol. The van der Waals surface area contributed by atoms with Gasteiger partial charge in [-0.1, -0.05) is 0 Å². The smallest absolute Gasteiger partial charge is 0.407 e. The number of fused-ring (bicyclic) bond motifs is 2. The molecular formula is C11H17NO3. The van der Waals surface area contributed by atoms with Gasteiger partial charge in [0.15, 0.2) is 0 Å². The predicted octanol–water partition coefficient (Wildman–Crippen LogP) is 1.35. The molecule has 1 N–H and O–H groups in total. The summed E-state index contributed by atoms with van der Waals surface area (Å²) in [6, 6.07) is 0.0142. The summed E-state index contributed by atoms with van der Waals surface area (Å²) in [7, 11) is 0. The van der Waals surface area contributed by atoms with E-state index in [-0.39, 0.29) is 18.1 Å². The maximum absolute atomic E-state index is 11.3. The molecule has 0 aromatic heterocycles. The molecule has 2 saturated carbocycles. The Morgan fingerprint density at radius 1 is 1.47 bits per heavy atom. The number of nitrogens with one attached hydrogen (secondary N) is 1. The SMILES string of the molecule is CCOC(=O)N[C@H]1[C@H]2CC[C@H](C2)[C@@H]1C=O. The molecular weight excluding hydrogens is 194 g/mol. The quantitative estimate of drug-likeness (QED) is 0.717. The Hall–Kier alpha value is -1.06. The van der Waals surface area contributed by atoms with Crippen LogP contribution in [0.2, 0.25) is 0 Å². The van der Waals surface area contributed by atoms with Gasteiger partial charge in [-0.2, -0.15) is 0 Å². The Balaban J connectivity index is 1.96. The maximum Gasteiger partial charge on any atom is 0.407 e. The Morgan fingerprint density at radius 2 is 2.20 bits per heavy atom. The lowest BCUT2D eigenvalue weighted by Gasteiger charge is -2.27. The Kier molecular flexibility index (Phi) is 2.93. The molecule has 0 radical (unpaired) electrons. The van der Waals surface area contributed by atoms with E-state index in [1.165, 1.54) is 0 Å². The minimum atomic E-state index is -0.387. The third-order valence-electron chi connectivity index (χ3n) is 3.70. The predicted molar refractivity (Wildman–Crippen MR) is 54.3 cm³/mol. The van der Waals surface area contributed by atoms with E-state index in [4.69, 9.17) is 4.74 Å². The van der Waals surface area contributed by atoms with Crippen LogP contribution in [-0.2, 0) is 9.53 Å². The molecule has 15 heavy (non-hydrogen) atoms. The van der Waals surface area contributed by atoms with Crippen LogP contribution in [0.5, 0.6) is 0 Å². The lowest BCUT2D eigenvalue weighted by atomic mass is 9.85. The van der Waals surface area contributed by atoms with Crippen molar-refractivity contribution in [3.63, 3.8) is 0 Å². The molecule has 0 spiro atoms. The molecule has 2 fully saturated rings. The van der Waals surface area contributed by atoms with Crippen LogP contribution in [0, 0.1) is 17.8 Å². The average Bonchev–Trinajstić information content (AvgIpc) is 2.78. The fourth-order valence-electron chi connectivity index (χ4n) is 3.05. The lowest BCUT2D eigenvalue weighted by molar-refractivity contribution is -0.113. The standard InChI is InChI=1S/C11H17NO3/c1-2-15-11(14)12-10-8-4-3-7(5-8)9(10)6-13/h6-10H,2-5H2,1H3,(H,12,14)/t7-,8+,9+,10+/m1/s1. The van der Waals surface area contributed by atoms with Crippen LogP contribution in [-0.4, -0.2) is 25.0 Å². The van der Waals surface area contributed by atoms with Crippen molar-refractivity contribution in [2.75, 3.05) is 6.61 Å². The van der Waals surface area contributed by atoms with Gasteiger partial charge in [-0.05, 0) is 38.0 Å². The molecule has 0 unspecified atom stereocenters. The zero-order valence-electron chi connectivity index (χ0n) is 8.94. The van der Waals surface area contributed by atoms with E-state index in [1.54, 1.807) is 6.92 Å². The molecule has 0 heterocycles. The molecule has 2 bridgehead atoms. The number of hydrogen-bond acceptors (Lipinski definition) is 3. The molecule has 2 rings (SSSR count). The lowest BCUT2D eigenvalue weighted by Crippen LogP contribution is -2.44. The van der Waals surface area contributed by atoms with E-state index in [0.717, 1.165) is 25.5 Å². The number of rotatable bonds is 3. The van der Waals surface area contributed by atoms with E-state index in [9.17, 15) is 9.59 Å². The topological polar surface area (TPSA) is 55.4 Å². The Bertz CT molecular complexity index is 267. The van der Waals surface area contributed by atoms with Gasteiger partial charge in [0, 0.05) is 12.0 Å². The third kappa shape index (κ3) is 1.85. The van der Waals surface area contributed by atoms with Crippen molar-refractivity contribution in [1.82, 2.24) is 5.32 Å². The molecule has 2 aliphatic rings. The van der Waals surface area contributed by atoms with Crippen LogP contribution in [0.4, 0.5) is 4.79 Å². The van der Waals surface area contributed by atoms with Gasteiger partial charge in [0.2, 0.25) is 0 Å². The van der Waals surface area contributed by atoms with Gasteiger partial charge >= 0.3 is 6.09 Å². The molecule has 2 aliphatic carbocycles. The zero-order chi connectivity index (χ0) is 10.8. The van der Waals surface area contributed by atoms with Crippen molar-refractivity contribution < 1.29 is 14.3 Å². The van der Waals surface area contributed by atoms with E-state index in [2.05, 4.69) is 5.32 Å². The second-order valence-corrected chi connectivity index (χ2v) is 4.44. The minimum absolute atomic E-state index is 0.00755. The van der Waals surface area contributed by atoms with Crippen molar-refractivity contribution in [2.45, 2.75) is 32.2 Å². The summed E-state index contributed by atoms with van der Waals surface area (Å²) in [5.41, 5.74) is 0. The number of hydrogen-bond donors (Lipinski definition) is 1. The first-order chi connectivity index (χ1) is 7.26. The van der Waals surface area contributed by atoms with Gasteiger partial charge in [-0.15, -0.1) is 0 Å². The molecule has 0 aromatic rings. The van der Waals surface area contributed by atoms with E-state index >= 15 is 0 Å². The number of carbonyl (C=O) groups is 2. The second-order valence-electron chi connectivity index (χ2n) is 4.44. The first-order valence-corrected chi connectivity index (χ1v) is 5.64. The normalized spacial score (nSPS) is 37.7. The fourth-order valence-corrected chi connectivity index (χ4v) is 3.05. The first-order valence-electron chi connectivity index (χ1n) is 5.64. The van der Waals surface area contributed by atoms with Gasteiger partial charge in [-0.3, -0.25) is 0 Å². The molecule has 84 valence electrons. The van der Waals surface area contributed by atoms with E-state index in [1.807, 2.05) is 0 Å². The van der Waals surface area contributed by atoms with Crippen LogP contribution in [0.25, 0.3) is 0 Å². The van der Waals surface area contributed by atoms with Gasteiger partial charge in [0.1, 0.15) is 6.29 Å². The highest BCUT2D eigenvalue weighted by Crippen LogP contribution is 2.47. The number of carbonyl (C=O) groups excluding carboxylic acids is 2. The summed E-state index contributed by atoms with van der Waals surface area (Å²) in [6.45, 7) is 2.15. The number of aldehydes is 1. The molecule has 0 aromatic carbocycles. The van der Waals surface area contributed by atoms with Gasteiger partial charge in [-0.25, -0.2) is 4.79 Å². The van der Waals surface area contributed by atoms with Gasteiger partial charge in [0.05, 0.1) is 6.61 Å². The van der Waals surface area contributed by atoms with Crippen molar-refractivity contribution in [3.05, 3.63) is 0 Å². The highest BCUT2D eigenvalue weighted by atomic mass is 16.5. The van der Waals surface area contributed by atoms with Crippen LogP contribution < -0.4 is 5.32 Å². The minimum Gasteiger partial charge on any atom is -0.450 e. The van der Waals surface area contributed by atoms with Gasteiger partial charge in [0.25, 0.3) is 0 Å². The van der Waals surface area contributed by atoms with Gasteiger partial charge < -0.3 is 14.8 Å². The summed E-state index contributed by atoms with van der Waals surface area (Å²) in [5.74, 6) is 0.974. The van der Waals surface area contributed by atoms with Crippen molar-refractivity contribution in [1.29, 1.82) is 0 Å². The number of amides is 1. The fraction of sp³-hybridized carbons (Fsp3) is 0.818. The third-order valence-corrected chi connectivity index (χ3v) is 3.70. The summed E-state index contributed by atoms with van der Waals surface area (Å²) < 4.78 is 4.84. The van der Waals surface area contributed by atoms with Crippen LogP contribution in [0.3, 0.4) is 0 Å². The molecule has 4 atom stereocenters. The largest absolute Gasteiger partial charge is 0.450 e. The first kappa shape index (κ1) is 10.5. The summed E-state index contributed by atoms with van der Waals surface area (Å²) in [4.78, 5) is 22.2. The van der Waals surface area contributed by atoms with Crippen LogP contribution in [0.15, 0.2) is 0 Å². The molecule has 1 amide bonds. The van der Waals surface area contributed by atoms with Crippen LogP contribution >= 0.6 is 0 Å². The molecule has 0 saturated heterocycles. The second kappa shape index (κ2) is 4.21.